The molecular weight excluding hydrogens is 220 g/mol. The molecule has 0 spiro atoms. The van der Waals surface area contributed by atoms with E-state index in [1.807, 2.05) is 13.8 Å². The van der Waals surface area contributed by atoms with Crippen LogP contribution in [0.4, 0.5) is 0 Å². The predicted octanol–water partition coefficient (Wildman–Crippen LogP) is 1.35. The number of hydrogen-bond acceptors (Lipinski definition) is 4. The molecule has 0 fully saturated rings. The summed E-state index contributed by atoms with van der Waals surface area (Å²) >= 11 is 0. The van der Waals surface area contributed by atoms with Crippen molar-refractivity contribution in [1.29, 1.82) is 0 Å². The van der Waals surface area contributed by atoms with Crippen LogP contribution in [0.3, 0.4) is 0 Å². The fourth-order valence-corrected chi connectivity index (χ4v) is 1.44. The largest absolute Gasteiger partial charge is 0.464 e. The van der Waals surface area contributed by atoms with E-state index in [2.05, 4.69) is 9.72 Å². The molecule has 0 aromatic carbocycles. The first-order valence-corrected chi connectivity index (χ1v) is 5.48. The first kappa shape index (κ1) is 13.2. The minimum Gasteiger partial charge on any atom is -0.464 e. The van der Waals surface area contributed by atoms with Crippen LogP contribution in [-0.4, -0.2) is 42.0 Å². The average molecular weight is 236 g/mol. The van der Waals surface area contributed by atoms with Gasteiger partial charge in [0.25, 0.3) is 5.91 Å². The number of ether oxygens (including phenoxy) is 1. The lowest BCUT2D eigenvalue weighted by atomic mass is 10.2. The van der Waals surface area contributed by atoms with Crippen LogP contribution in [0.1, 0.15) is 34.8 Å². The van der Waals surface area contributed by atoms with Crippen LogP contribution < -0.4 is 0 Å². The highest BCUT2D eigenvalue weighted by Crippen LogP contribution is 2.05. The van der Waals surface area contributed by atoms with Gasteiger partial charge in [-0.2, -0.15) is 0 Å². The Balaban J connectivity index is 2.99. The van der Waals surface area contributed by atoms with Gasteiger partial charge in [0.05, 0.1) is 7.11 Å². The number of methoxy groups -OCH3 is 1. The molecule has 0 bridgehead atoms. The van der Waals surface area contributed by atoms with E-state index in [4.69, 9.17) is 0 Å². The highest BCUT2D eigenvalue weighted by atomic mass is 16.5. The van der Waals surface area contributed by atoms with E-state index in [1.54, 1.807) is 17.0 Å². The Morgan fingerprint density at radius 1 is 1.24 bits per heavy atom. The summed E-state index contributed by atoms with van der Waals surface area (Å²) < 4.78 is 4.56. The van der Waals surface area contributed by atoms with Crippen molar-refractivity contribution in [3.05, 3.63) is 29.6 Å². The Labute approximate surface area is 100 Å². The second-order valence-electron chi connectivity index (χ2n) is 3.38. The summed E-state index contributed by atoms with van der Waals surface area (Å²) in [4.78, 5) is 28.9. The Hall–Kier alpha value is -1.91. The van der Waals surface area contributed by atoms with Crippen LogP contribution in [0.5, 0.6) is 0 Å². The molecule has 1 rings (SSSR count). The van der Waals surface area contributed by atoms with Crippen molar-refractivity contribution in [3.8, 4) is 0 Å². The van der Waals surface area contributed by atoms with Crippen LogP contribution in [0.2, 0.25) is 0 Å². The number of nitrogens with zero attached hydrogens (tertiary/aromatic N) is 2. The third-order valence-electron chi connectivity index (χ3n) is 2.41. The van der Waals surface area contributed by atoms with Gasteiger partial charge >= 0.3 is 5.97 Å². The maximum absolute atomic E-state index is 12.0. The zero-order valence-electron chi connectivity index (χ0n) is 10.3. The maximum Gasteiger partial charge on any atom is 0.356 e. The van der Waals surface area contributed by atoms with Gasteiger partial charge < -0.3 is 9.64 Å². The summed E-state index contributed by atoms with van der Waals surface area (Å²) in [5.41, 5.74) is 0.405. The van der Waals surface area contributed by atoms with Crippen molar-refractivity contribution in [2.24, 2.45) is 0 Å². The Bertz CT molecular complexity index is 414. The number of carbonyl (C=O) groups excluding carboxylic acids is 2. The van der Waals surface area contributed by atoms with E-state index in [1.165, 1.54) is 13.2 Å². The van der Waals surface area contributed by atoms with Crippen LogP contribution in [0, 0.1) is 0 Å². The average Bonchev–Trinajstić information content (AvgIpc) is 2.39. The topological polar surface area (TPSA) is 59.5 Å². The fourth-order valence-electron chi connectivity index (χ4n) is 1.44. The van der Waals surface area contributed by atoms with E-state index < -0.39 is 5.97 Å². The van der Waals surface area contributed by atoms with E-state index in [0.717, 1.165) is 0 Å². The third kappa shape index (κ3) is 3.03. The quantitative estimate of drug-likeness (QED) is 0.740. The second-order valence-corrected chi connectivity index (χ2v) is 3.38. The summed E-state index contributed by atoms with van der Waals surface area (Å²) in [6, 6.07) is 4.73. The molecule has 0 atom stereocenters. The van der Waals surface area contributed by atoms with Gasteiger partial charge in [0.2, 0.25) is 0 Å². The molecule has 1 amide bonds. The Kier molecular flexibility index (Phi) is 4.63. The number of esters is 1. The predicted molar refractivity (Wildman–Crippen MR) is 62.8 cm³/mol. The molecule has 5 nitrogen and oxygen atoms in total. The molecule has 0 aliphatic carbocycles. The molecule has 92 valence electrons. The van der Waals surface area contributed by atoms with Crippen LogP contribution in [0.25, 0.3) is 0 Å². The summed E-state index contributed by atoms with van der Waals surface area (Å²) in [7, 11) is 1.28. The molecule has 0 radical (unpaired) electrons. The van der Waals surface area contributed by atoms with Gasteiger partial charge in [-0.1, -0.05) is 6.07 Å². The molecule has 1 heterocycles. The third-order valence-corrected chi connectivity index (χ3v) is 2.41. The normalized spacial score (nSPS) is 9.82. The molecule has 1 aromatic heterocycles. The first-order chi connectivity index (χ1) is 8.13. The zero-order valence-corrected chi connectivity index (χ0v) is 10.3. The van der Waals surface area contributed by atoms with Crippen molar-refractivity contribution in [1.82, 2.24) is 9.88 Å². The number of hydrogen-bond donors (Lipinski definition) is 0. The molecule has 5 heteroatoms. The Morgan fingerprint density at radius 3 is 2.35 bits per heavy atom. The van der Waals surface area contributed by atoms with Gasteiger partial charge in [0, 0.05) is 13.1 Å². The second kappa shape index (κ2) is 5.98. The van der Waals surface area contributed by atoms with E-state index in [-0.39, 0.29) is 17.3 Å². The minimum atomic E-state index is -0.542. The van der Waals surface area contributed by atoms with Crippen LogP contribution >= 0.6 is 0 Å². The summed E-state index contributed by atoms with van der Waals surface area (Å²) in [5, 5.41) is 0. The van der Waals surface area contributed by atoms with E-state index in [0.29, 0.717) is 13.1 Å². The summed E-state index contributed by atoms with van der Waals surface area (Å²) in [6.45, 7) is 5.01. The monoisotopic (exact) mass is 236 g/mol. The summed E-state index contributed by atoms with van der Waals surface area (Å²) in [6.07, 6.45) is 0. The highest BCUT2D eigenvalue weighted by Gasteiger charge is 2.16. The number of pyridine rings is 1. The van der Waals surface area contributed by atoms with Crippen molar-refractivity contribution >= 4 is 11.9 Å². The fraction of sp³-hybridized carbons (Fsp3) is 0.417. The SMILES string of the molecule is CCN(CC)C(=O)c1cccc(C(=O)OC)n1. The van der Waals surface area contributed by atoms with Crippen molar-refractivity contribution < 1.29 is 14.3 Å². The van der Waals surface area contributed by atoms with E-state index >= 15 is 0 Å². The highest BCUT2D eigenvalue weighted by molar-refractivity contribution is 5.94. The number of carbonyl (C=O) groups is 2. The van der Waals surface area contributed by atoms with E-state index in [9.17, 15) is 9.59 Å². The van der Waals surface area contributed by atoms with Gasteiger partial charge in [-0.15, -0.1) is 0 Å². The number of rotatable bonds is 4. The molecule has 17 heavy (non-hydrogen) atoms. The molecular formula is C12H16N2O3. The molecule has 0 N–H and O–H groups in total. The van der Waals surface area contributed by atoms with Gasteiger partial charge in [0.1, 0.15) is 11.4 Å². The zero-order chi connectivity index (χ0) is 12.8. The summed E-state index contributed by atoms with van der Waals surface area (Å²) in [5.74, 6) is -0.722. The Morgan fingerprint density at radius 2 is 1.82 bits per heavy atom. The molecule has 0 saturated carbocycles. The first-order valence-electron chi connectivity index (χ1n) is 5.48. The lowest BCUT2D eigenvalue weighted by molar-refractivity contribution is 0.0593. The lowest BCUT2D eigenvalue weighted by Gasteiger charge is -2.17. The number of aromatic nitrogens is 1. The molecule has 0 aliphatic heterocycles. The van der Waals surface area contributed by atoms with Crippen molar-refractivity contribution in [2.75, 3.05) is 20.2 Å². The molecule has 0 aliphatic rings. The maximum atomic E-state index is 12.0. The molecule has 0 saturated heterocycles. The van der Waals surface area contributed by atoms with Crippen molar-refractivity contribution in [2.45, 2.75) is 13.8 Å². The van der Waals surface area contributed by atoms with Crippen LogP contribution in [0.15, 0.2) is 18.2 Å². The van der Waals surface area contributed by atoms with Gasteiger partial charge in [-0.05, 0) is 26.0 Å². The minimum absolute atomic E-state index is 0.144. The van der Waals surface area contributed by atoms with Gasteiger partial charge in [-0.3, -0.25) is 4.79 Å². The lowest BCUT2D eigenvalue weighted by Crippen LogP contribution is -2.31. The smallest absolute Gasteiger partial charge is 0.356 e. The van der Waals surface area contributed by atoms with Crippen molar-refractivity contribution in [3.63, 3.8) is 0 Å². The standard InChI is InChI=1S/C12H16N2O3/c1-4-14(5-2)11(15)9-7-6-8-10(13-9)12(16)17-3/h6-8H,4-5H2,1-3H3. The molecule has 1 aromatic rings. The number of amides is 1. The van der Waals surface area contributed by atoms with Crippen LogP contribution in [-0.2, 0) is 4.74 Å². The molecule has 0 unspecified atom stereocenters. The van der Waals surface area contributed by atoms with Gasteiger partial charge in [0.15, 0.2) is 0 Å². The van der Waals surface area contributed by atoms with Gasteiger partial charge in [-0.25, -0.2) is 9.78 Å².